The van der Waals surface area contributed by atoms with Crippen LogP contribution in [0.3, 0.4) is 0 Å². The first-order valence-corrected chi connectivity index (χ1v) is 7.44. The molecule has 1 aromatic carbocycles. The van der Waals surface area contributed by atoms with E-state index in [1.165, 1.54) is 12.4 Å². The van der Waals surface area contributed by atoms with Crippen molar-refractivity contribution >= 4 is 50.5 Å². The predicted molar refractivity (Wildman–Crippen MR) is 87.1 cm³/mol. The van der Waals surface area contributed by atoms with Gasteiger partial charge >= 0.3 is 5.69 Å². The van der Waals surface area contributed by atoms with E-state index in [0.717, 1.165) is 5.56 Å². The molecule has 0 fully saturated rings. The summed E-state index contributed by atoms with van der Waals surface area (Å²) in [6.07, 6.45) is 2.69. The number of aromatic nitrogens is 1. The van der Waals surface area contributed by atoms with Crippen LogP contribution in [0.4, 0.5) is 11.4 Å². The minimum absolute atomic E-state index is 0.110. The highest BCUT2D eigenvalue weighted by Gasteiger charge is 2.20. The van der Waals surface area contributed by atoms with Crippen molar-refractivity contribution in [2.45, 2.75) is 13.0 Å². The van der Waals surface area contributed by atoms with Crippen molar-refractivity contribution in [1.82, 2.24) is 4.98 Å². The van der Waals surface area contributed by atoms with Crippen LogP contribution >= 0.6 is 39.1 Å². The Morgan fingerprint density at radius 3 is 2.71 bits per heavy atom. The van der Waals surface area contributed by atoms with Crippen molar-refractivity contribution in [2.24, 2.45) is 0 Å². The number of nitro groups is 1. The minimum atomic E-state index is -0.490. The molecule has 8 heteroatoms. The molecule has 0 aliphatic carbocycles. The lowest BCUT2D eigenvalue weighted by molar-refractivity contribution is -0.384. The Labute approximate surface area is 139 Å². The zero-order valence-electron chi connectivity index (χ0n) is 10.8. The van der Waals surface area contributed by atoms with Gasteiger partial charge in [0.2, 0.25) is 0 Å². The molecule has 2 aromatic rings. The number of nitrogens with zero attached hydrogens (tertiary/aromatic N) is 2. The Morgan fingerprint density at radius 2 is 2.10 bits per heavy atom. The molecule has 0 saturated carbocycles. The average Bonchev–Trinajstić information content (AvgIpc) is 2.40. The second-order valence-corrected chi connectivity index (χ2v) is 6.00. The molecule has 0 aliphatic rings. The number of rotatable bonds is 4. The summed E-state index contributed by atoms with van der Waals surface area (Å²) in [5, 5.41) is 15.2. The highest BCUT2D eigenvalue weighted by atomic mass is 79.9. The molecular formula is C13H10BrCl2N3O2. The Balaban J connectivity index is 2.36. The van der Waals surface area contributed by atoms with Gasteiger partial charge in [-0.15, -0.1) is 0 Å². The molecule has 0 aliphatic heterocycles. The van der Waals surface area contributed by atoms with Gasteiger partial charge in [-0.25, -0.2) is 0 Å². The van der Waals surface area contributed by atoms with Crippen molar-refractivity contribution in [1.29, 1.82) is 0 Å². The smallest absolute Gasteiger partial charge is 0.311 e. The molecule has 5 nitrogen and oxygen atoms in total. The molecule has 1 atom stereocenters. The molecule has 0 saturated heterocycles. The topological polar surface area (TPSA) is 68.1 Å². The predicted octanol–water partition coefficient (Wildman–Crippen LogP) is 5.23. The van der Waals surface area contributed by atoms with Crippen molar-refractivity contribution in [3.05, 3.63) is 60.8 Å². The average molecular weight is 391 g/mol. The quantitative estimate of drug-likeness (QED) is 0.573. The Morgan fingerprint density at radius 1 is 1.38 bits per heavy atom. The van der Waals surface area contributed by atoms with E-state index in [4.69, 9.17) is 23.2 Å². The summed E-state index contributed by atoms with van der Waals surface area (Å²) in [4.78, 5) is 14.4. The van der Waals surface area contributed by atoms with Crippen LogP contribution in [0.1, 0.15) is 18.5 Å². The van der Waals surface area contributed by atoms with E-state index in [2.05, 4.69) is 26.2 Å². The molecule has 1 aromatic heterocycles. The van der Waals surface area contributed by atoms with Gasteiger partial charge < -0.3 is 5.32 Å². The Kier molecular flexibility index (Phi) is 5.03. The number of anilines is 1. The van der Waals surface area contributed by atoms with Gasteiger partial charge in [-0.3, -0.25) is 15.1 Å². The van der Waals surface area contributed by atoms with Gasteiger partial charge in [0.05, 0.1) is 15.4 Å². The third kappa shape index (κ3) is 3.64. The highest BCUT2D eigenvalue weighted by molar-refractivity contribution is 9.10. The van der Waals surface area contributed by atoms with Gasteiger partial charge in [0.15, 0.2) is 0 Å². The fourth-order valence-corrected chi connectivity index (χ4v) is 2.86. The molecule has 2 rings (SSSR count). The summed E-state index contributed by atoms with van der Waals surface area (Å²) < 4.78 is 0.508. The molecule has 21 heavy (non-hydrogen) atoms. The van der Waals surface area contributed by atoms with E-state index in [1.54, 1.807) is 18.2 Å². The summed E-state index contributed by atoms with van der Waals surface area (Å²) in [7, 11) is 0. The summed E-state index contributed by atoms with van der Waals surface area (Å²) in [5.74, 6) is 0. The third-order valence-corrected chi connectivity index (χ3v) is 4.03. The van der Waals surface area contributed by atoms with Gasteiger partial charge in [0, 0.05) is 16.2 Å². The lowest BCUT2D eigenvalue weighted by Crippen LogP contribution is -2.09. The molecule has 0 radical (unpaired) electrons. The first kappa shape index (κ1) is 16.0. The molecule has 0 amide bonds. The lowest BCUT2D eigenvalue weighted by atomic mass is 10.1. The van der Waals surface area contributed by atoms with E-state index < -0.39 is 4.92 Å². The van der Waals surface area contributed by atoms with Crippen LogP contribution in [0.15, 0.2) is 35.1 Å². The number of halogens is 3. The molecule has 1 heterocycles. The molecule has 0 bridgehead atoms. The molecular weight excluding hydrogens is 381 g/mol. The van der Waals surface area contributed by atoms with Crippen LogP contribution in [0, 0.1) is 10.1 Å². The number of pyridine rings is 1. The first-order chi connectivity index (χ1) is 9.90. The van der Waals surface area contributed by atoms with Gasteiger partial charge in [-0.05, 0) is 40.5 Å². The largest absolute Gasteiger partial charge is 0.372 e. The fourth-order valence-electron chi connectivity index (χ4n) is 1.85. The van der Waals surface area contributed by atoms with Crippen molar-refractivity contribution in [3.63, 3.8) is 0 Å². The van der Waals surface area contributed by atoms with Crippen LogP contribution in [0.5, 0.6) is 0 Å². The maximum Gasteiger partial charge on any atom is 0.311 e. The standard InChI is InChI=1S/C13H10BrCl2N3O2/c1-7(9-3-2-8(15)4-11(9)16)18-13-10(14)5-17-6-12(13)19(20)21/h2-7H,1H3,(H,17,18). The SMILES string of the molecule is CC(Nc1c(Br)cncc1[N+](=O)[O-])c1ccc(Cl)cc1Cl. The third-order valence-electron chi connectivity index (χ3n) is 2.87. The Bertz CT molecular complexity index is 697. The Hall–Kier alpha value is -1.37. The molecule has 1 unspecified atom stereocenters. The van der Waals surface area contributed by atoms with E-state index in [9.17, 15) is 10.1 Å². The van der Waals surface area contributed by atoms with Crippen molar-refractivity contribution < 1.29 is 4.92 Å². The summed E-state index contributed by atoms with van der Waals surface area (Å²) in [6.45, 7) is 1.85. The van der Waals surface area contributed by atoms with Crippen molar-refractivity contribution in [2.75, 3.05) is 5.32 Å². The van der Waals surface area contributed by atoms with Gasteiger partial charge in [0.25, 0.3) is 0 Å². The number of nitrogens with one attached hydrogen (secondary N) is 1. The summed E-state index contributed by atoms with van der Waals surface area (Å²) in [5.41, 5.74) is 1.04. The number of benzene rings is 1. The summed E-state index contributed by atoms with van der Waals surface area (Å²) >= 11 is 15.3. The van der Waals surface area contributed by atoms with Gasteiger partial charge in [-0.1, -0.05) is 29.3 Å². The van der Waals surface area contributed by atoms with E-state index >= 15 is 0 Å². The van der Waals surface area contributed by atoms with E-state index in [-0.39, 0.29) is 11.7 Å². The van der Waals surface area contributed by atoms with Crippen LogP contribution in [-0.4, -0.2) is 9.91 Å². The molecule has 0 spiro atoms. The highest BCUT2D eigenvalue weighted by Crippen LogP contribution is 2.35. The van der Waals surface area contributed by atoms with Crippen LogP contribution < -0.4 is 5.32 Å². The zero-order chi connectivity index (χ0) is 15.6. The number of hydrogen-bond acceptors (Lipinski definition) is 4. The maximum absolute atomic E-state index is 11.1. The first-order valence-electron chi connectivity index (χ1n) is 5.89. The van der Waals surface area contributed by atoms with Gasteiger partial charge in [0.1, 0.15) is 11.9 Å². The monoisotopic (exact) mass is 389 g/mol. The van der Waals surface area contributed by atoms with Gasteiger partial charge in [-0.2, -0.15) is 0 Å². The van der Waals surface area contributed by atoms with Crippen LogP contribution in [0.2, 0.25) is 10.0 Å². The minimum Gasteiger partial charge on any atom is -0.372 e. The normalized spacial score (nSPS) is 12.0. The van der Waals surface area contributed by atoms with E-state index in [0.29, 0.717) is 20.2 Å². The molecule has 1 N–H and O–H groups in total. The fraction of sp³-hybridized carbons (Fsp3) is 0.154. The maximum atomic E-state index is 11.1. The number of hydrogen-bond donors (Lipinski definition) is 1. The molecule has 110 valence electrons. The second kappa shape index (κ2) is 6.60. The zero-order valence-corrected chi connectivity index (χ0v) is 13.9. The second-order valence-electron chi connectivity index (χ2n) is 4.30. The van der Waals surface area contributed by atoms with Crippen LogP contribution in [-0.2, 0) is 0 Å². The van der Waals surface area contributed by atoms with Crippen LogP contribution in [0.25, 0.3) is 0 Å². The van der Waals surface area contributed by atoms with E-state index in [1.807, 2.05) is 6.92 Å². The van der Waals surface area contributed by atoms with Crippen molar-refractivity contribution in [3.8, 4) is 0 Å². The lowest BCUT2D eigenvalue weighted by Gasteiger charge is -2.18. The summed E-state index contributed by atoms with van der Waals surface area (Å²) in [6, 6.07) is 4.89.